The van der Waals surface area contributed by atoms with Crippen molar-refractivity contribution in [3.05, 3.63) is 0 Å². The maximum absolute atomic E-state index is 11.6. The Morgan fingerprint density at radius 3 is 2.79 bits per heavy atom. The molecule has 1 saturated heterocycles. The number of carboxylic acid groups (broad SMARTS) is 1. The van der Waals surface area contributed by atoms with Crippen LogP contribution in [0.5, 0.6) is 0 Å². The fourth-order valence-electron chi connectivity index (χ4n) is 1.58. The highest BCUT2D eigenvalue weighted by molar-refractivity contribution is 5.82. The van der Waals surface area contributed by atoms with Gasteiger partial charge in [-0.1, -0.05) is 0 Å². The number of carbonyl (C=O) groups excluding carboxylic acids is 1. The second kappa shape index (κ2) is 6.83. The molecule has 0 aliphatic carbocycles. The minimum absolute atomic E-state index is 0.0253. The highest BCUT2D eigenvalue weighted by Gasteiger charge is 2.31. The third-order valence-corrected chi connectivity index (χ3v) is 2.99. The van der Waals surface area contributed by atoms with E-state index >= 15 is 0 Å². The zero-order chi connectivity index (χ0) is 14.5. The van der Waals surface area contributed by atoms with Gasteiger partial charge in [-0.05, 0) is 26.7 Å². The van der Waals surface area contributed by atoms with Crippen molar-refractivity contribution in [1.29, 1.82) is 0 Å². The molecule has 7 nitrogen and oxygen atoms in total. The van der Waals surface area contributed by atoms with E-state index in [1.807, 2.05) is 0 Å². The smallest absolute Gasteiger partial charge is 0.337 e. The molecular formula is C12H21NO6. The predicted octanol–water partition coefficient (Wildman–Crippen LogP) is -0.478. The summed E-state index contributed by atoms with van der Waals surface area (Å²) in [4.78, 5) is 22.3. The molecule has 3 unspecified atom stereocenters. The first-order chi connectivity index (χ1) is 8.83. The molecule has 1 aliphatic heterocycles. The van der Waals surface area contributed by atoms with Crippen molar-refractivity contribution < 1.29 is 29.3 Å². The fourth-order valence-corrected chi connectivity index (χ4v) is 1.58. The van der Waals surface area contributed by atoms with E-state index in [0.717, 1.165) is 26.4 Å². The number of carbonyl (C=O) groups is 2. The zero-order valence-electron chi connectivity index (χ0n) is 11.2. The molecule has 0 radical (unpaired) electrons. The van der Waals surface area contributed by atoms with Crippen molar-refractivity contribution in [3.63, 3.8) is 0 Å². The van der Waals surface area contributed by atoms with Gasteiger partial charge in [-0.25, -0.2) is 4.79 Å². The van der Waals surface area contributed by atoms with Crippen LogP contribution < -0.4 is 5.32 Å². The van der Waals surface area contributed by atoms with Gasteiger partial charge in [-0.15, -0.1) is 0 Å². The van der Waals surface area contributed by atoms with Crippen LogP contribution in [0.1, 0.15) is 26.7 Å². The van der Waals surface area contributed by atoms with Crippen LogP contribution in [0, 0.1) is 0 Å². The standard InChI is InChI=1S/C12H21NO6/c1-8(19-6-9-4-3-5-18-9)10(14)13-7-12(2,17)11(15)16/h8-9,17H,3-7H2,1-2H3,(H,13,14)(H,15,16). The molecule has 0 aromatic rings. The SMILES string of the molecule is CC(OCC1CCCO1)C(=O)NCC(C)(O)C(=O)O. The van der Waals surface area contributed by atoms with Gasteiger partial charge in [0.25, 0.3) is 0 Å². The van der Waals surface area contributed by atoms with Crippen LogP contribution >= 0.6 is 0 Å². The number of hydrogen-bond donors (Lipinski definition) is 3. The van der Waals surface area contributed by atoms with Crippen molar-refractivity contribution in [2.45, 2.75) is 44.5 Å². The van der Waals surface area contributed by atoms with Crippen LogP contribution in [0.15, 0.2) is 0 Å². The average molecular weight is 275 g/mol. The summed E-state index contributed by atoms with van der Waals surface area (Å²) in [5.74, 6) is -1.85. The topological polar surface area (TPSA) is 105 Å². The maximum atomic E-state index is 11.6. The fraction of sp³-hybridized carbons (Fsp3) is 0.833. The van der Waals surface area contributed by atoms with Crippen LogP contribution in [0.3, 0.4) is 0 Å². The van der Waals surface area contributed by atoms with Crippen LogP contribution in [0.25, 0.3) is 0 Å². The van der Waals surface area contributed by atoms with E-state index in [0.29, 0.717) is 6.61 Å². The number of amides is 1. The summed E-state index contributed by atoms with van der Waals surface area (Å²) in [6.45, 7) is 3.38. The minimum Gasteiger partial charge on any atom is -0.479 e. The van der Waals surface area contributed by atoms with Gasteiger partial charge in [0.2, 0.25) is 5.91 Å². The summed E-state index contributed by atoms with van der Waals surface area (Å²) in [5, 5.41) is 20.5. The van der Waals surface area contributed by atoms with Gasteiger partial charge in [0.15, 0.2) is 5.60 Å². The third-order valence-electron chi connectivity index (χ3n) is 2.99. The number of aliphatic hydroxyl groups is 1. The molecule has 0 bridgehead atoms. The highest BCUT2D eigenvalue weighted by Crippen LogP contribution is 2.12. The van der Waals surface area contributed by atoms with Crippen molar-refractivity contribution in [3.8, 4) is 0 Å². The number of aliphatic carboxylic acids is 1. The minimum atomic E-state index is -1.98. The Labute approximate surface area is 111 Å². The first-order valence-corrected chi connectivity index (χ1v) is 6.29. The van der Waals surface area contributed by atoms with Gasteiger partial charge in [0, 0.05) is 6.61 Å². The van der Waals surface area contributed by atoms with Crippen LogP contribution in [-0.2, 0) is 19.1 Å². The molecule has 1 aliphatic rings. The number of rotatable bonds is 7. The summed E-state index contributed by atoms with van der Waals surface area (Å²) in [5.41, 5.74) is -1.98. The maximum Gasteiger partial charge on any atom is 0.337 e. The summed E-state index contributed by atoms with van der Waals surface area (Å²) in [6, 6.07) is 0. The number of ether oxygens (including phenoxy) is 2. The van der Waals surface area contributed by atoms with Gasteiger partial charge in [0.1, 0.15) is 6.10 Å². The third kappa shape index (κ3) is 5.14. The largest absolute Gasteiger partial charge is 0.479 e. The van der Waals surface area contributed by atoms with Crippen LogP contribution in [0.2, 0.25) is 0 Å². The molecule has 3 atom stereocenters. The molecule has 1 rings (SSSR count). The van der Waals surface area contributed by atoms with E-state index < -0.39 is 23.6 Å². The Morgan fingerprint density at radius 2 is 2.26 bits per heavy atom. The average Bonchev–Trinajstić information content (AvgIpc) is 2.85. The monoisotopic (exact) mass is 275 g/mol. The molecule has 110 valence electrons. The van der Waals surface area contributed by atoms with Gasteiger partial charge < -0.3 is 25.0 Å². The summed E-state index contributed by atoms with van der Waals surface area (Å²) >= 11 is 0. The normalized spacial score (nSPS) is 23.6. The number of carboxylic acids is 1. The molecular weight excluding hydrogens is 254 g/mol. The molecule has 3 N–H and O–H groups in total. The molecule has 0 aromatic carbocycles. The quantitative estimate of drug-likeness (QED) is 0.579. The summed E-state index contributed by atoms with van der Waals surface area (Å²) in [6.07, 6.45) is 1.23. The van der Waals surface area contributed by atoms with E-state index in [1.165, 1.54) is 0 Å². The Bertz CT molecular complexity index is 324. The molecule has 0 spiro atoms. The Hall–Kier alpha value is -1.18. The van der Waals surface area contributed by atoms with E-state index in [-0.39, 0.29) is 12.6 Å². The van der Waals surface area contributed by atoms with Crippen LogP contribution in [-0.4, -0.2) is 59.7 Å². The van der Waals surface area contributed by atoms with E-state index in [1.54, 1.807) is 6.92 Å². The first-order valence-electron chi connectivity index (χ1n) is 6.29. The molecule has 0 aromatic heterocycles. The van der Waals surface area contributed by atoms with Crippen molar-refractivity contribution in [2.24, 2.45) is 0 Å². The lowest BCUT2D eigenvalue weighted by atomic mass is 10.1. The van der Waals surface area contributed by atoms with Gasteiger partial charge in [-0.3, -0.25) is 4.79 Å². The van der Waals surface area contributed by atoms with Gasteiger partial charge in [0.05, 0.1) is 19.3 Å². The molecule has 1 heterocycles. The number of nitrogens with one attached hydrogen (secondary N) is 1. The lowest BCUT2D eigenvalue weighted by molar-refractivity contribution is -0.156. The van der Waals surface area contributed by atoms with Crippen molar-refractivity contribution >= 4 is 11.9 Å². The summed E-state index contributed by atoms with van der Waals surface area (Å²) < 4.78 is 10.7. The molecule has 19 heavy (non-hydrogen) atoms. The van der Waals surface area contributed by atoms with Crippen LogP contribution in [0.4, 0.5) is 0 Å². The Kier molecular flexibility index (Phi) is 5.71. The summed E-state index contributed by atoms with van der Waals surface area (Å²) in [7, 11) is 0. The lowest BCUT2D eigenvalue weighted by Crippen LogP contribution is -2.49. The van der Waals surface area contributed by atoms with Crippen molar-refractivity contribution in [1.82, 2.24) is 5.32 Å². The number of hydrogen-bond acceptors (Lipinski definition) is 5. The van der Waals surface area contributed by atoms with E-state index in [9.17, 15) is 14.7 Å². The van der Waals surface area contributed by atoms with E-state index in [4.69, 9.17) is 14.6 Å². The molecule has 7 heteroatoms. The van der Waals surface area contributed by atoms with Gasteiger partial charge in [-0.2, -0.15) is 0 Å². The first kappa shape index (κ1) is 15.9. The Balaban J connectivity index is 2.26. The lowest BCUT2D eigenvalue weighted by Gasteiger charge is -2.20. The second-order valence-corrected chi connectivity index (χ2v) is 4.91. The van der Waals surface area contributed by atoms with E-state index in [2.05, 4.69) is 5.32 Å². The van der Waals surface area contributed by atoms with Crippen molar-refractivity contribution in [2.75, 3.05) is 19.8 Å². The zero-order valence-corrected chi connectivity index (χ0v) is 11.2. The molecule has 1 amide bonds. The Morgan fingerprint density at radius 1 is 1.58 bits per heavy atom. The highest BCUT2D eigenvalue weighted by atomic mass is 16.5. The molecule has 1 fully saturated rings. The van der Waals surface area contributed by atoms with Gasteiger partial charge >= 0.3 is 5.97 Å². The molecule has 0 saturated carbocycles. The predicted molar refractivity (Wildman–Crippen MR) is 65.7 cm³/mol. The second-order valence-electron chi connectivity index (χ2n) is 4.91.